The van der Waals surface area contributed by atoms with E-state index in [2.05, 4.69) is 52.5 Å². The van der Waals surface area contributed by atoms with Gasteiger partial charge < -0.3 is 14.6 Å². The minimum absolute atomic E-state index is 0.616. The van der Waals surface area contributed by atoms with Crippen LogP contribution in [0.2, 0.25) is 0 Å². The third-order valence-electron chi connectivity index (χ3n) is 4.88. The van der Waals surface area contributed by atoms with E-state index in [1.54, 1.807) is 6.26 Å². The lowest BCUT2D eigenvalue weighted by Gasteiger charge is -2.38. The van der Waals surface area contributed by atoms with Gasteiger partial charge in [-0.25, -0.2) is 0 Å². The second-order valence-corrected chi connectivity index (χ2v) is 6.53. The molecule has 0 amide bonds. The molecule has 2 unspecified atom stereocenters. The van der Waals surface area contributed by atoms with Gasteiger partial charge >= 0.3 is 0 Å². The Labute approximate surface area is 144 Å². The number of nitrogens with one attached hydrogen (secondary N) is 1. The van der Waals surface area contributed by atoms with Crippen molar-refractivity contribution in [2.75, 3.05) is 26.7 Å². The van der Waals surface area contributed by atoms with Gasteiger partial charge in [-0.2, -0.15) is 0 Å². The topological polar surface area (TPSA) is 40.8 Å². The Kier molecular flexibility index (Phi) is 5.57. The standard InChI is InChI=1S/C20H27N3O/c1-16-15-23(13-11-19(16)17-7-4-3-5-8-17)20(21-2)22-12-10-18-9-6-14-24-18/h3-9,14,16,19H,10-13,15H2,1-2H3,(H,21,22). The highest BCUT2D eigenvalue weighted by molar-refractivity contribution is 5.80. The lowest BCUT2D eigenvalue weighted by Crippen LogP contribution is -2.48. The van der Waals surface area contributed by atoms with Crippen LogP contribution in [0.5, 0.6) is 0 Å². The van der Waals surface area contributed by atoms with Crippen molar-refractivity contribution in [2.45, 2.75) is 25.7 Å². The summed E-state index contributed by atoms with van der Waals surface area (Å²) in [7, 11) is 1.86. The summed E-state index contributed by atoms with van der Waals surface area (Å²) in [5.41, 5.74) is 1.46. The molecule has 3 rings (SSSR count). The van der Waals surface area contributed by atoms with E-state index in [4.69, 9.17) is 4.42 Å². The molecule has 0 aliphatic carbocycles. The predicted octanol–water partition coefficient (Wildman–Crippen LogP) is 3.52. The van der Waals surface area contributed by atoms with Crippen molar-refractivity contribution in [3.05, 3.63) is 60.1 Å². The second-order valence-electron chi connectivity index (χ2n) is 6.53. The van der Waals surface area contributed by atoms with E-state index in [1.807, 2.05) is 19.2 Å². The molecule has 4 heteroatoms. The summed E-state index contributed by atoms with van der Waals surface area (Å²) in [5, 5.41) is 3.47. The SMILES string of the molecule is CN=C(NCCc1ccco1)N1CCC(c2ccccc2)C(C)C1. The van der Waals surface area contributed by atoms with Gasteiger partial charge in [0.05, 0.1) is 6.26 Å². The summed E-state index contributed by atoms with van der Waals surface area (Å²) in [6, 6.07) is 14.8. The van der Waals surface area contributed by atoms with Gasteiger partial charge in [-0.1, -0.05) is 37.3 Å². The molecule has 2 heterocycles. The van der Waals surface area contributed by atoms with Gasteiger partial charge in [0.25, 0.3) is 0 Å². The van der Waals surface area contributed by atoms with Gasteiger partial charge in [0.1, 0.15) is 5.76 Å². The molecule has 1 fully saturated rings. The molecule has 1 saturated heterocycles. The van der Waals surface area contributed by atoms with Crippen molar-refractivity contribution >= 4 is 5.96 Å². The maximum Gasteiger partial charge on any atom is 0.193 e. The van der Waals surface area contributed by atoms with Crippen molar-refractivity contribution < 1.29 is 4.42 Å². The number of nitrogens with zero attached hydrogens (tertiary/aromatic N) is 2. The van der Waals surface area contributed by atoms with Crippen LogP contribution in [-0.2, 0) is 6.42 Å². The first-order valence-electron chi connectivity index (χ1n) is 8.81. The summed E-state index contributed by atoms with van der Waals surface area (Å²) in [5.74, 6) is 3.27. The summed E-state index contributed by atoms with van der Waals surface area (Å²) in [6.07, 6.45) is 3.77. The van der Waals surface area contributed by atoms with Crippen LogP contribution in [0.15, 0.2) is 58.1 Å². The van der Waals surface area contributed by atoms with Crippen molar-refractivity contribution in [1.82, 2.24) is 10.2 Å². The summed E-state index contributed by atoms with van der Waals surface area (Å²) < 4.78 is 5.38. The molecule has 0 radical (unpaired) electrons. The highest BCUT2D eigenvalue weighted by atomic mass is 16.3. The fourth-order valence-electron chi connectivity index (χ4n) is 3.62. The molecule has 1 aliphatic rings. The van der Waals surface area contributed by atoms with Gasteiger partial charge in [0.2, 0.25) is 0 Å². The Balaban J connectivity index is 1.53. The summed E-state index contributed by atoms with van der Waals surface area (Å²) in [6.45, 7) is 5.28. The smallest absolute Gasteiger partial charge is 0.193 e. The van der Waals surface area contributed by atoms with Crippen LogP contribution in [0, 0.1) is 5.92 Å². The highest BCUT2D eigenvalue weighted by Gasteiger charge is 2.28. The molecule has 2 atom stereocenters. The van der Waals surface area contributed by atoms with Gasteiger partial charge in [-0.15, -0.1) is 0 Å². The number of hydrogen-bond donors (Lipinski definition) is 1. The fourth-order valence-corrected chi connectivity index (χ4v) is 3.62. The van der Waals surface area contributed by atoms with Crippen molar-refractivity contribution in [3.63, 3.8) is 0 Å². The Bertz CT molecular complexity index is 636. The number of rotatable bonds is 4. The van der Waals surface area contributed by atoms with Crippen LogP contribution in [0.3, 0.4) is 0 Å². The molecular weight excluding hydrogens is 298 g/mol. The van der Waals surface area contributed by atoms with E-state index in [1.165, 1.54) is 12.0 Å². The van der Waals surface area contributed by atoms with E-state index < -0.39 is 0 Å². The zero-order valence-corrected chi connectivity index (χ0v) is 14.6. The molecule has 1 aliphatic heterocycles. The first-order valence-corrected chi connectivity index (χ1v) is 8.81. The molecule has 0 bridgehead atoms. The maximum atomic E-state index is 5.38. The quantitative estimate of drug-likeness (QED) is 0.691. The van der Waals surface area contributed by atoms with Crippen LogP contribution in [0.1, 0.15) is 30.6 Å². The third kappa shape index (κ3) is 3.99. The van der Waals surface area contributed by atoms with E-state index in [0.717, 1.165) is 37.8 Å². The largest absolute Gasteiger partial charge is 0.469 e. The number of aliphatic imine (C=N–C) groups is 1. The highest BCUT2D eigenvalue weighted by Crippen LogP contribution is 2.32. The fraction of sp³-hybridized carbons (Fsp3) is 0.450. The molecule has 2 aromatic rings. The first kappa shape index (κ1) is 16.6. The summed E-state index contributed by atoms with van der Waals surface area (Å²) in [4.78, 5) is 6.84. The second kappa shape index (κ2) is 8.04. The Morgan fingerprint density at radius 1 is 1.25 bits per heavy atom. The number of likely N-dealkylation sites (tertiary alicyclic amines) is 1. The monoisotopic (exact) mass is 325 g/mol. The minimum atomic E-state index is 0.616. The molecule has 24 heavy (non-hydrogen) atoms. The lowest BCUT2D eigenvalue weighted by atomic mass is 9.82. The van der Waals surface area contributed by atoms with E-state index in [0.29, 0.717) is 11.8 Å². The zero-order chi connectivity index (χ0) is 16.8. The van der Waals surface area contributed by atoms with E-state index in [9.17, 15) is 0 Å². The average Bonchev–Trinajstić information content (AvgIpc) is 3.13. The lowest BCUT2D eigenvalue weighted by molar-refractivity contribution is 0.234. The van der Waals surface area contributed by atoms with Crippen LogP contribution >= 0.6 is 0 Å². The number of furan rings is 1. The predicted molar refractivity (Wildman–Crippen MR) is 98.3 cm³/mol. The summed E-state index contributed by atoms with van der Waals surface area (Å²) >= 11 is 0. The zero-order valence-electron chi connectivity index (χ0n) is 14.6. The maximum absolute atomic E-state index is 5.38. The van der Waals surface area contributed by atoms with Crippen LogP contribution < -0.4 is 5.32 Å². The first-order chi connectivity index (χ1) is 11.8. The van der Waals surface area contributed by atoms with Gasteiger partial charge in [-0.3, -0.25) is 4.99 Å². The Morgan fingerprint density at radius 2 is 2.08 bits per heavy atom. The van der Waals surface area contributed by atoms with E-state index in [-0.39, 0.29) is 0 Å². The molecule has 4 nitrogen and oxygen atoms in total. The molecular formula is C20H27N3O. The van der Waals surface area contributed by atoms with Crippen LogP contribution in [0.25, 0.3) is 0 Å². The van der Waals surface area contributed by atoms with Gasteiger partial charge in [-0.05, 0) is 36.0 Å². The van der Waals surface area contributed by atoms with Gasteiger partial charge in [0.15, 0.2) is 5.96 Å². The molecule has 128 valence electrons. The average molecular weight is 325 g/mol. The molecule has 1 aromatic heterocycles. The van der Waals surface area contributed by atoms with Crippen molar-refractivity contribution in [2.24, 2.45) is 10.9 Å². The Hall–Kier alpha value is -2.23. The van der Waals surface area contributed by atoms with Crippen LogP contribution in [0.4, 0.5) is 0 Å². The molecule has 0 spiro atoms. The number of hydrogen-bond acceptors (Lipinski definition) is 2. The number of benzene rings is 1. The molecule has 1 N–H and O–H groups in total. The third-order valence-corrected chi connectivity index (χ3v) is 4.88. The Morgan fingerprint density at radius 3 is 2.75 bits per heavy atom. The normalized spacial score (nSPS) is 21.8. The van der Waals surface area contributed by atoms with E-state index >= 15 is 0 Å². The van der Waals surface area contributed by atoms with Crippen LogP contribution in [-0.4, -0.2) is 37.5 Å². The number of guanidine groups is 1. The molecule has 1 aromatic carbocycles. The number of piperidine rings is 1. The van der Waals surface area contributed by atoms with Crippen molar-refractivity contribution in [3.8, 4) is 0 Å². The van der Waals surface area contributed by atoms with Gasteiger partial charge in [0, 0.05) is 33.1 Å². The van der Waals surface area contributed by atoms with Crippen molar-refractivity contribution in [1.29, 1.82) is 0 Å². The minimum Gasteiger partial charge on any atom is -0.469 e. The molecule has 0 saturated carbocycles.